The van der Waals surface area contributed by atoms with Crippen molar-refractivity contribution in [1.82, 2.24) is 4.57 Å². The molecule has 0 aliphatic heterocycles. The second-order valence-electron chi connectivity index (χ2n) is 6.65. The molecule has 0 unspecified atom stereocenters. The van der Waals surface area contributed by atoms with Gasteiger partial charge in [0.15, 0.2) is 5.69 Å². The van der Waals surface area contributed by atoms with Crippen LogP contribution in [0.25, 0.3) is 31.9 Å². The smallest absolute Gasteiger partial charge is 0.351 e. The lowest BCUT2D eigenvalue weighted by atomic mass is 9.98. The van der Waals surface area contributed by atoms with Gasteiger partial charge in [0.25, 0.3) is 0 Å². The molecule has 6 nitrogen and oxygen atoms in total. The average Bonchev–Trinajstić information content (AvgIpc) is 3.05. The molecule has 0 spiro atoms. The number of benzene rings is 2. The van der Waals surface area contributed by atoms with E-state index < -0.39 is 5.97 Å². The van der Waals surface area contributed by atoms with Crippen molar-refractivity contribution in [2.24, 2.45) is 7.05 Å². The van der Waals surface area contributed by atoms with Crippen molar-refractivity contribution >= 4 is 17.3 Å². The number of nitrogens with zero attached hydrogens (tertiary/aromatic N) is 3. The van der Waals surface area contributed by atoms with Crippen molar-refractivity contribution in [3.63, 3.8) is 0 Å². The van der Waals surface area contributed by atoms with Crippen LogP contribution in [0.2, 0.25) is 0 Å². The van der Waals surface area contributed by atoms with Crippen LogP contribution in [0.5, 0.6) is 5.75 Å². The summed E-state index contributed by atoms with van der Waals surface area (Å²) in [6.45, 7) is 19.2. The highest BCUT2D eigenvalue weighted by Gasteiger charge is 2.25. The van der Waals surface area contributed by atoms with Crippen molar-refractivity contribution in [3.05, 3.63) is 76.7 Å². The first kappa shape index (κ1) is 20.7. The number of rotatable bonds is 6. The summed E-state index contributed by atoms with van der Waals surface area (Å²) in [7, 11) is 1.68. The minimum absolute atomic E-state index is 0.107. The van der Waals surface area contributed by atoms with E-state index in [2.05, 4.69) is 9.69 Å². The minimum atomic E-state index is -1.07. The Bertz CT molecular complexity index is 1190. The summed E-state index contributed by atoms with van der Waals surface area (Å²) < 4.78 is 7.29. The molecule has 0 aliphatic carbocycles. The molecule has 1 aromatic heterocycles. The molecule has 1 N–H and O–H groups in total. The molecule has 0 aliphatic rings. The predicted octanol–water partition coefficient (Wildman–Crippen LogP) is 6.12. The van der Waals surface area contributed by atoms with Gasteiger partial charge in [-0.05, 0) is 36.6 Å². The van der Waals surface area contributed by atoms with Crippen molar-refractivity contribution in [2.45, 2.75) is 20.3 Å². The highest BCUT2D eigenvalue weighted by Crippen LogP contribution is 2.41. The number of hydrogen-bond acceptors (Lipinski definition) is 2. The van der Waals surface area contributed by atoms with Crippen LogP contribution >= 0.6 is 0 Å². The fraction of sp³-hybridized carbons (Fsp3) is 0.208. The lowest BCUT2D eigenvalue weighted by Gasteiger charge is -2.12. The molecule has 0 bridgehead atoms. The van der Waals surface area contributed by atoms with Gasteiger partial charge in [0.1, 0.15) is 11.4 Å². The van der Waals surface area contributed by atoms with E-state index in [9.17, 15) is 9.90 Å². The molecule has 6 heteroatoms. The highest BCUT2D eigenvalue weighted by molar-refractivity contribution is 6.01. The summed E-state index contributed by atoms with van der Waals surface area (Å²) >= 11 is 0. The number of ether oxygens (including phenoxy) is 1. The topological polar surface area (TPSA) is 60.2 Å². The zero-order chi connectivity index (χ0) is 21.8. The fourth-order valence-electron chi connectivity index (χ4n) is 3.68. The van der Waals surface area contributed by atoms with Crippen molar-refractivity contribution in [2.75, 3.05) is 6.61 Å². The van der Waals surface area contributed by atoms with E-state index in [4.69, 9.17) is 17.9 Å². The molecular weight excluding hydrogens is 378 g/mol. The third-order valence-electron chi connectivity index (χ3n) is 5.01. The molecule has 150 valence electrons. The Kier molecular flexibility index (Phi) is 5.90. The first-order valence-electron chi connectivity index (χ1n) is 9.54. The molecule has 0 amide bonds. The first-order chi connectivity index (χ1) is 14.5. The first-order valence-corrected chi connectivity index (χ1v) is 9.54. The fourth-order valence-corrected chi connectivity index (χ4v) is 3.68. The van der Waals surface area contributed by atoms with Crippen LogP contribution in [-0.4, -0.2) is 22.2 Å². The van der Waals surface area contributed by atoms with E-state index in [0.717, 1.165) is 11.1 Å². The van der Waals surface area contributed by atoms with Crippen LogP contribution in [-0.2, 0) is 13.5 Å². The van der Waals surface area contributed by atoms with Gasteiger partial charge in [0, 0.05) is 23.9 Å². The summed E-state index contributed by atoms with van der Waals surface area (Å²) in [6.07, 6.45) is 0.563. The standard InChI is InChI=1S/C24H21N3O3/c1-6-19-22(26-4)21(23(24(28)29)27(19)5)16-10-8-15(9-11-16)18-14-17(25-3)12-13-20(18)30-7-2/h8-14H,6-7H2,1-2,5H3,(H,28,29). The third kappa shape index (κ3) is 3.52. The second kappa shape index (κ2) is 8.55. The number of carboxylic acids is 1. The van der Waals surface area contributed by atoms with Crippen LogP contribution in [0, 0.1) is 13.1 Å². The van der Waals surface area contributed by atoms with Gasteiger partial charge in [-0.3, -0.25) is 0 Å². The van der Waals surface area contributed by atoms with Gasteiger partial charge in [-0.15, -0.1) is 0 Å². The molecule has 0 saturated heterocycles. The Balaban J connectivity index is 2.16. The molecule has 3 aromatic rings. The maximum atomic E-state index is 11.9. The Morgan fingerprint density at radius 2 is 1.73 bits per heavy atom. The van der Waals surface area contributed by atoms with Crippen LogP contribution in [0.3, 0.4) is 0 Å². The van der Waals surface area contributed by atoms with Crippen LogP contribution < -0.4 is 4.74 Å². The van der Waals surface area contributed by atoms with Gasteiger partial charge in [-0.1, -0.05) is 37.3 Å². The van der Waals surface area contributed by atoms with Gasteiger partial charge >= 0.3 is 5.97 Å². The summed E-state index contributed by atoms with van der Waals surface area (Å²) in [4.78, 5) is 19.0. The van der Waals surface area contributed by atoms with E-state index in [1.165, 1.54) is 0 Å². The Labute approximate surface area is 175 Å². The lowest BCUT2D eigenvalue weighted by Crippen LogP contribution is -2.07. The van der Waals surface area contributed by atoms with Gasteiger partial charge in [-0.25, -0.2) is 14.5 Å². The molecule has 3 rings (SSSR count). The summed E-state index contributed by atoms with van der Waals surface area (Å²) in [5.41, 5.74) is 4.43. The quantitative estimate of drug-likeness (QED) is 0.508. The van der Waals surface area contributed by atoms with Crippen LogP contribution in [0.4, 0.5) is 11.4 Å². The van der Waals surface area contributed by atoms with Gasteiger partial charge in [0.05, 0.1) is 19.8 Å². The van der Waals surface area contributed by atoms with E-state index in [-0.39, 0.29) is 5.69 Å². The molecule has 30 heavy (non-hydrogen) atoms. The monoisotopic (exact) mass is 399 g/mol. The van der Waals surface area contributed by atoms with E-state index in [1.807, 2.05) is 38.1 Å². The Hall–Kier alpha value is -4.03. The number of aromatic carboxylic acids is 1. The van der Waals surface area contributed by atoms with Crippen LogP contribution in [0.15, 0.2) is 42.5 Å². The zero-order valence-electron chi connectivity index (χ0n) is 17.1. The molecule has 0 radical (unpaired) electrons. The molecule has 2 aromatic carbocycles. The summed E-state index contributed by atoms with van der Waals surface area (Å²) in [6, 6.07) is 12.6. The van der Waals surface area contributed by atoms with Gasteiger partial charge in [0.2, 0.25) is 5.69 Å². The number of carboxylic acid groups (broad SMARTS) is 1. The third-order valence-corrected chi connectivity index (χ3v) is 5.01. The van der Waals surface area contributed by atoms with Crippen molar-refractivity contribution in [1.29, 1.82) is 0 Å². The minimum Gasteiger partial charge on any atom is -0.493 e. The molecule has 1 heterocycles. The van der Waals surface area contributed by atoms with Crippen molar-refractivity contribution < 1.29 is 14.6 Å². The maximum Gasteiger partial charge on any atom is 0.351 e. The van der Waals surface area contributed by atoms with Gasteiger partial charge in [-0.2, -0.15) is 0 Å². The number of carbonyl (C=O) groups is 1. The van der Waals surface area contributed by atoms with E-state index >= 15 is 0 Å². The molecule has 0 fully saturated rings. The number of hydrogen-bond donors (Lipinski definition) is 1. The molecule has 0 saturated carbocycles. The van der Waals surface area contributed by atoms with E-state index in [1.54, 1.807) is 29.8 Å². The Morgan fingerprint density at radius 1 is 1.07 bits per heavy atom. The normalized spacial score (nSPS) is 10.3. The summed E-state index contributed by atoms with van der Waals surface area (Å²) in [5.74, 6) is -0.386. The molecular formula is C24H21N3O3. The zero-order valence-corrected chi connectivity index (χ0v) is 17.1. The SMILES string of the molecule is [C-]#[N+]c1ccc(OCC)c(-c2ccc(-c3c([N+]#[C-])c(CC)n(C)c3C(=O)O)cc2)c1. The molecule has 0 atom stereocenters. The second-order valence-corrected chi connectivity index (χ2v) is 6.65. The highest BCUT2D eigenvalue weighted by atomic mass is 16.5. The maximum absolute atomic E-state index is 11.9. The summed E-state index contributed by atoms with van der Waals surface area (Å²) in [5, 5.41) is 9.75. The largest absolute Gasteiger partial charge is 0.493 e. The average molecular weight is 399 g/mol. The number of aromatic nitrogens is 1. The van der Waals surface area contributed by atoms with E-state index in [0.29, 0.717) is 47.0 Å². The van der Waals surface area contributed by atoms with Crippen molar-refractivity contribution in [3.8, 4) is 28.0 Å². The van der Waals surface area contributed by atoms with Gasteiger partial charge < -0.3 is 14.4 Å². The lowest BCUT2D eigenvalue weighted by molar-refractivity contribution is 0.0687. The predicted molar refractivity (Wildman–Crippen MR) is 116 cm³/mol. The Morgan fingerprint density at radius 3 is 2.27 bits per heavy atom. The van der Waals surface area contributed by atoms with Crippen LogP contribution in [0.1, 0.15) is 30.0 Å².